The molecule has 0 heterocycles. The lowest BCUT2D eigenvalue weighted by molar-refractivity contribution is -0.138. The van der Waals surface area contributed by atoms with E-state index in [2.05, 4.69) is 5.32 Å². The number of fused-ring (bicyclic) bond motifs is 3. The standard InChI is InChI=1S/C28H37F3NO4P/c1-3-5-17-35-37(34,36-18-6-4-2)19-10-9-12-21-13-11-16-24-25(21)22-14-7-8-15-23(22)26(24)27(33)32-20-28(29,30)31/h7-8,11,13-16,26H,3-6,9-10,12,17-20H2,1-2H3,(H,32,33). The lowest BCUT2D eigenvalue weighted by Gasteiger charge is -2.19. The first-order valence-corrected chi connectivity index (χ1v) is 14.9. The summed E-state index contributed by atoms with van der Waals surface area (Å²) in [6, 6.07) is 13.0. The van der Waals surface area contributed by atoms with E-state index in [0.29, 0.717) is 37.8 Å². The lowest BCUT2D eigenvalue weighted by atomic mass is 9.93. The molecule has 0 radical (unpaired) electrons. The molecule has 2 aromatic rings. The van der Waals surface area contributed by atoms with Crippen LogP contribution in [0, 0.1) is 0 Å². The second-order valence-electron chi connectivity index (χ2n) is 9.40. The van der Waals surface area contributed by atoms with Crippen LogP contribution < -0.4 is 5.32 Å². The average Bonchev–Trinajstić information content (AvgIpc) is 3.20. The number of halogens is 3. The van der Waals surface area contributed by atoms with Gasteiger partial charge in [0.05, 0.1) is 25.3 Å². The van der Waals surface area contributed by atoms with Crippen molar-refractivity contribution in [3.63, 3.8) is 0 Å². The molecule has 1 aliphatic carbocycles. The number of benzene rings is 2. The maximum absolute atomic E-state index is 13.2. The minimum atomic E-state index is -4.47. The Morgan fingerprint density at radius 1 is 0.919 bits per heavy atom. The summed E-state index contributed by atoms with van der Waals surface area (Å²) < 4.78 is 62.8. The summed E-state index contributed by atoms with van der Waals surface area (Å²) in [5.74, 6) is -1.44. The third-order valence-electron chi connectivity index (χ3n) is 6.46. The predicted molar refractivity (Wildman–Crippen MR) is 140 cm³/mol. The maximum atomic E-state index is 13.2. The third kappa shape index (κ3) is 8.17. The largest absolute Gasteiger partial charge is 0.405 e. The minimum Gasteiger partial charge on any atom is -0.346 e. The Bertz CT molecular complexity index is 1080. The Morgan fingerprint density at radius 2 is 1.57 bits per heavy atom. The van der Waals surface area contributed by atoms with Crippen LogP contribution in [0.15, 0.2) is 42.5 Å². The molecule has 1 atom stereocenters. The monoisotopic (exact) mass is 539 g/mol. The van der Waals surface area contributed by atoms with Crippen LogP contribution in [0.25, 0.3) is 11.1 Å². The van der Waals surface area contributed by atoms with E-state index in [4.69, 9.17) is 9.05 Å². The summed E-state index contributed by atoms with van der Waals surface area (Å²) in [5.41, 5.74) is 4.23. The molecule has 1 amide bonds. The summed E-state index contributed by atoms with van der Waals surface area (Å²) in [6.45, 7) is 3.57. The lowest BCUT2D eigenvalue weighted by Crippen LogP contribution is -2.36. The molecule has 204 valence electrons. The highest BCUT2D eigenvalue weighted by molar-refractivity contribution is 7.53. The first kappa shape index (κ1) is 29.4. The Labute approximate surface area is 217 Å². The highest BCUT2D eigenvalue weighted by atomic mass is 31.2. The fraction of sp³-hybridized carbons (Fsp3) is 0.536. The minimum absolute atomic E-state index is 0.342. The highest BCUT2D eigenvalue weighted by Crippen LogP contribution is 2.50. The Morgan fingerprint density at radius 3 is 2.22 bits per heavy atom. The Kier molecular flexibility index (Phi) is 10.8. The number of alkyl halides is 3. The van der Waals surface area contributed by atoms with Gasteiger partial charge in [-0.1, -0.05) is 69.2 Å². The van der Waals surface area contributed by atoms with Crippen molar-refractivity contribution in [2.75, 3.05) is 25.9 Å². The van der Waals surface area contributed by atoms with Crippen molar-refractivity contribution in [1.29, 1.82) is 0 Å². The van der Waals surface area contributed by atoms with Gasteiger partial charge >= 0.3 is 13.8 Å². The van der Waals surface area contributed by atoms with E-state index in [1.165, 1.54) is 0 Å². The van der Waals surface area contributed by atoms with Crippen LogP contribution >= 0.6 is 7.60 Å². The Balaban J connectivity index is 1.71. The molecule has 0 spiro atoms. The van der Waals surface area contributed by atoms with Gasteiger partial charge in [0.2, 0.25) is 5.91 Å². The van der Waals surface area contributed by atoms with Crippen LogP contribution in [0.2, 0.25) is 0 Å². The van der Waals surface area contributed by atoms with Crippen molar-refractivity contribution in [2.45, 2.75) is 70.9 Å². The van der Waals surface area contributed by atoms with Gasteiger partial charge in [0.25, 0.3) is 0 Å². The number of carbonyl (C=O) groups excluding carboxylic acids is 1. The van der Waals surface area contributed by atoms with Gasteiger partial charge < -0.3 is 14.4 Å². The van der Waals surface area contributed by atoms with Crippen LogP contribution in [0.4, 0.5) is 13.2 Å². The second kappa shape index (κ2) is 13.6. The van der Waals surface area contributed by atoms with E-state index in [9.17, 15) is 22.5 Å². The summed E-state index contributed by atoms with van der Waals surface area (Å²) in [6.07, 6.45) is 1.49. The molecule has 1 aliphatic rings. The fourth-order valence-electron chi connectivity index (χ4n) is 4.60. The molecular weight excluding hydrogens is 502 g/mol. The molecular formula is C28H37F3NO4P. The average molecular weight is 540 g/mol. The van der Waals surface area contributed by atoms with Crippen LogP contribution in [0.1, 0.15) is 75.0 Å². The van der Waals surface area contributed by atoms with Crippen molar-refractivity contribution in [1.82, 2.24) is 5.32 Å². The smallest absolute Gasteiger partial charge is 0.346 e. The van der Waals surface area contributed by atoms with E-state index < -0.39 is 32.1 Å². The van der Waals surface area contributed by atoms with Crippen LogP contribution in [0.5, 0.6) is 0 Å². The summed E-state index contributed by atoms with van der Waals surface area (Å²) in [4.78, 5) is 12.8. The zero-order valence-corrected chi connectivity index (χ0v) is 22.5. The molecule has 0 bridgehead atoms. The number of amides is 1. The van der Waals surface area contributed by atoms with Crippen molar-refractivity contribution in [3.05, 3.63) is 59.2 Å². The number of rotatable bonds is 15. The summed E-state index contributed by atoms with van der Waals surface area (Å²) >= 11 is 0. The van der Waals surface area contributed by atoms with Gasteiger partial charge in [0, 0.05) is 0 Å². The van der Waals surface area contributed by atoms with E-state index in [1.54, 1.807) is 12.1 Å². The second-order valence-corrected chi connectivity index (χ2v) is 11.6. The number of carbonyl (C=O) groups is 1. The van der Waals surface area contributed by atoms with Gasteiger partial charge in [-0.15, -0.1) is 0 Å². The van der Waals surface area contributed by atoms with E-state index in [0.717, 1.165) is 54.4 Å². The molecule has 1 N–H and O–H groups in total. The molecule has 0 aromatic heterocycles. The Hall–Kier alpha value is -2.15. The van der Waals surface area contributed by atoms with E-state index in [-0.39, 0.29) is 0 Å². The summed E-state index contributed by atoms with van der Waals surface area (Å²) in [7, 11) is -3.16. The van der Waals surface area contributed by atoms with Crippen molar-refractivity contribution in [2.24, 2.45) is 0 Å². The quantitative estimate of drug-likeness (QED) is 0.187. The molecule has 0 saturated heterocycles. The molecule has 0 fully saturated rings. The number of hydrogen-bond acceptors (Lipinski definition) is 4. The number of hydrogen-bond donors (Lipinski definition) is 1. The highest BCUT2D eigenvalue weighted by Gasteiger charge is 2.37. The molecule has 37 heavy (non-hydrogen) atoms. The first-order valence-electron chi connectivity index (χ1n) is 13.1. The van der Waals surface area contributed by atoms with Gasteiger partial charge in [-0.2, -0.15) is 13.2 Å². The molecule has 0 aliphatic heterocycles. The molecule has 1 unspecified atom stereocenters. The van der Waals surface area contributed by atoms with Crippen LogP contribution in [-0.4, -0.2) is 38.0 Å². The van der Waals surface area contributed by atoms with Gasteiger partial charge in [0.1, 0.15) is 6.54 Å². The fourth-order valence-corrected chi connectivity index (χ4v) is 6.35. The zero-order valence-electron chi connectivity index (χ0n) is 21.6. The van der Waals surface area contributed by atoms with Crippen molar-refractivity contribution in [3.8, 4) is 11.1 Å². The molecule has 2 aromatic carbocycles. The normalized spacial score (nSPS) is 14.9. The zero-order chi connectivity index (χ0) is 26.9. The van der Waals surface area contributed by atoms with Gasteiger partial charge in [-0.3, -0.25) is 9.36 Å². The first-order chi connectivity index (χ1) is 17.7. The van der Waals surface area contributed by atoms with Crippen LogP contribution in [-0.2, 0) is 24.8 Å². The van der Waals surface area contributed by atoms with Crippen molar-refractivity contribution < 1.29 is 31.6 Å². The molecule has 5 nitrogen and oxygen atoms in total. The summed E-state index contributed by atoms with van der Waals surface area (Å²) in [5, 5.41) is 2.05. The number of aryl methyl sites for hydroxylation is 1. The maximum Gasteiger partial charge on any atom is 0.405 e. The number of unbranched alkanes of at least 4 members (excludes halogenated alkanes) is 3. The predicted octanol–water partition coefficient (Wildman–Crippen LogP) is 7.63. The van der Waals surface area contributed by atoms with Crippen molar-refractivity contribution >= 4 is 13.5 Å². The SMILES string of the molecule is CCCCOP(=O)(CCCCc1cccc2c1-c1ccccc1C2C(=O)NCC(F)(F)F)OCCCC. The van der Waals surface area contributed by atoms with Gasteiger partial charge in [-0.25, -0.2) is 0 Å². The topological polar surface area (TPSA) is 64.6 Å². The van der Waals surface area contributed by atoms with Crippen LogP contribution in [0.3, 0.4) is 0 Å². The third-order valence-corrected chi connectivity index (χ3v) is 8.48. The van der Waals surface area contributed by atoms with E-state index >= 15 is 0 Å². The van der Waals surface area contributed by atoms with E-state index in [1.807, 2.05) is 44.2 Å². The molecule has 9 heteroatoms. The van der Waals surface area contributed by atoms with Gasteiger partial charge in [-0.05, 0) is 59.9 Å². The molecule has 3 rings (SSSR count). The molecule has 0 saturated carbocycles. The van der Waals surface area contributed by atoms with Gasteiger partial charge in [0.15, 0.2) is 0 Å². The number of nitrogens with one attached hydrogen (secondary N) is 1.